The second kappa shape index (κ2) is 8.73. The van der Waals surface area contributed by atoms with E-state index in [-0.39, 0.29) is 3.89 Å². The van der Waals surface area contributed by atoms with Gasteiger partial charge >= 0.3 is 12.2 Å². The van der Waals surface area contributed by atoms with Gasteiger partial charge in [0, 0.05) is 24.8 Å². The molecule has 0 unspecified atom stereocenters. The largest absolute Gasteiger partial charge is 0.534 e. The molecule has 1 aliphatic heterocycles. The van der Waals surface area contributed by atoms with E-state index in [9.17, 15) is 9.59 Å². The quantitative estimate of drug-likeness (QED) is 0.222. The fourth-order valence-corrected chi connectivity index (χ4v) is 5.10. The van der Waals surface area contributed by atoms with E-state index in [0.717, 1.165) is 28.1 Å². The number of carbonyl (C=O) groups is 2. The van der Waals surface area contributed by atoms with E-state index in [4.69, 9.17) is 9.57 Å². The summed E-state index contributed by atoms with van der Waals surface area (Å²) in [5.41, 5.74) is 0. The number of benzene rings is 2. The number of carbonyl (C=O) groups excluding carboxylic acids is 2. The van der Waals surface area contributed by atoms with Crippen molar-refractivity contribution in [3.63, 3.8) is 0 Å². The minimum atomic E-state index is -0.717. The molecule has 11 heteroatoms. The molecule has 0 spiro atoms. The molecule has 0 radical (unpaired) electrons. The van der Waals surface area contributed by atoms with E-state index in [1.807, 2.05) is 50.2 Å². The maximum Gasteiger partial charge on any atom is 0.534 e. The van der Waals surface area contributed by atoms with E-state index in [1.54, 1.807) is 37.1 Å². The van der Waals surface area contributed by atoms with Crippen molar-refractivity contribution in [1.29, 1.82) is 0 Å². The van der Waals surface area contributed by atoms with Crippen LogP contribution in [0.5, 0.6) is 5.75 Å². The number of rotatable bonds is 4. The van der Waals surface area contributed by atoms with Gasteiger partial charge in [0.25, 0.3) is 0 Å². The van der Waals surface area contributed by atoms with Gasteiger partial charge in [-0.05, 0) is 25.3 Å². The topological polar surface area (TPSA) is 86.0 Å². The molecule has 4 rings (SSSR count). The van der Waals surface area contributed by atoms with E-state index in [1.165, 1.54) is 23.1 Å². The van der Waals surface area contributed by atoms with Crippen LogP contribution in [-0.2, 0) is 4.84 Å². The number of hydrogen-bond acceptors (Lipinski definition) is 8. The first-order valence-electron chi connectivity index (χ1n) is 10.1. The highest BCUT2D eigenvalue weighted by atomic mass is 32.2. The van der Waals surface area contributed by atoms with Crippen molar-refractivity contribution in [3.8, 4) is 5.75 Å². The summed E-state index contributed by atoms with van der Waals surface area (Å²) in [7, 11) is 4.76. The van der Waals surface area contributed by atoms with Crippen LogP contribution < -0.4 is 4.74 Å². The zero-order chi connectivity index (χ0) is 23.8. The van der Waals surface area contributed by atoms with Gasteiger partial charge in [0.15, 0.2) is 11.0 Å². The summed E-state index contributed by atoms with van der Waals surface area (Å²) in [6.07, 6.45) is 2.17. The van der Waals surface area contributed by atoms with Gasteiger partial charge in [0.05, 0.1) is 18.8 Å². The van der Waals surface area contributed by atoms with Gasteiger partial charge < -0.3 is 4.74 Å². The molecule has 3 aromatic rings. The first-order valence-corrected chi connectivity index (χ1v) is 11.6. The summed E-state index contributed by atoms with van der Waals surface area (Å²) >= 11 is 2.47. The first kappa shape index (κ1) is 23.1. The lowest BCUT2D eigenvalue weighted by molar-refractivity contribution is -0.670. The lowest BCUT2D eigenvalue weighted by Gasteiger charge is -2.25. The van der Waals surface area contributed by atoms with Crippen LogP contribution in [0.15, 0.2) is 65.2 Å². The highest BCUT2D eigenvalue weighted by molar-refractivity contribution is 8.01. The molecular weight excluding hydrogens is 462 g/mol. The minimum absolute atomic E-state index is 0.307. The number of aromatic nitrogens is 2. The van der Waals surface area contributed by atoms with Crippen molar-refractivity contribution in [1.82, 2.24) is 13.9 Å². The van der Waals surface area contributed by atoms with Gasteiger partial charge in [-0.1, -0.05) is 53.3 Å². The number of nitrogens with zero attached hydrogens (tertiary/aromatic N) is 5. The lowest BCUT2D eigenvalue weighted by Crippen LogP contribution is -2.44. The highest BCUT2D eigenvalue weighted by Crippen LogP contribution is 2.40. The van der Waals surface area contributed by atoms with Gasteiger partial charge in [-0.3, -0.25) is 9.40 Å². The van der Waals surface area contributed by atoms with Gasteiger partial charge in [0.2, 0.25) is 12.1 Å². The zero-order valence-corrected chi connectivity index (χ0v) is 20.5. The molecule has 1 aliphatic rings. The maximum absolute atomic E-state index is 12.9. The summed E-state index contributed by atoms with van der Waals surface area (Å²) in [5.74, 6) is 1.02. The van der Waals surface area contributed by atoms with Gasteiger partial charge in [-0.25, -0.2) is 14.1 Å². The minimum Gasteiger partial charge on any atom is -0.379 e. The van der Waals surface area contributed by atoms with Crippen molar-refractivity contribution in [2.45, 2.75) is 23.8 Å². The average molecular weight is 487 g/mol. The van der Waals surface area contributed by atoms with Crippen LogP contribution in [0.2, 0.25) is 0 Å². The number of amides is 2. The predicted octanol–water partition coefficient (Wildman–Crippen LogP) is 4.99. The molecule has 0 N–H and O–H groups in total. The fraction of sp³-hybridized carbons (Fsp3) is 0.273. The van der Waals surface area contributed by atoms with E-state index in [2.05, 4.69) is 10.1 Å². The lowest BCUT2D eigenvalue weighted by atomic mass is 10.1. The Morgan fingerprint density at radius 1 is 1.18 bits per heavy atom. The van der Waals surface area contributed by atoms with Gasteiger partial charge in [0.1, 0.15) is 5.75 Å². The molecular formula is C22H24N5O4S2+. The standard InChI is InChI=1S/C22H24N5O4S2/c1-22(2)18(26-14-13-23-19(26)32-22)24-31-20(28)25(3)33-27(4,5)21(29)30-17-12-8-10-15-9-6-7-11-16(15)17/h6-14H,1-5H3/q+1. The molecule has 0 atom stereocenters. The van der Waals surface area contributed by atoms with Gasteiger partial charge in [-0.15, -0.1) is 3.89 Å². The third-order valence-electron chi connectivity index (χ3n) is 4.90. The number of quaternary nitrogens is 1. The van der Waals surface area contributed by atoms with E-state index >= 15 is 0 Å². The second-order valence-electron chi connectivity index (χ2n) is 8.24. The maximum atomic E-state index is 12.9. The molecule has 2 heterocycles. The number of imidazole rings is 1. The van der Waals surface area contributed by atoms with Crippen LogP contribution in [0.3, 0.4) is 0 Å². The smallest absolute Gasteiger partial charge is 0.379 e. The first-order chi connectivity index (χ1) is 15.6. The monoisotopic (exact) mass is 486 g/mol. The number of oxime groups is 1. The third-order valence-corrected chi connectivity index (χ3v) is 7.03. The summed E-state index contributed by atoms with van der Waals surface area (Å²) in [6, 6.07) is 13.2. The summed E-state index contributed by atoms with van der Waals surface area (Å²) in [4.78, 5) is 34.9. The molecule has 1 aromatic heterocycles. The Bertz CT molecular complexity index is 1250. The van der Waals surface area contributed by atoms with Crippen LogP contribution in [-0.4, -0.2) is 61.7 Å². The Hall–Kier alpha value is -3.02. The van der Waals surface area contributed by atoms with Crippen molar-refractivity contribution < 1.29 is 23.1 Å². The number of ether oxygens (including phenoxy) is 1. The van der Waals surface area contributed by atoms with Crippen LogP contribution in [0.25, 0.3) is 10.8 Å². The van der Waals surface area contributed by atoms with Crippen LogP contribution in [0, 0.1) is 0 Å². The summed E-state index contributed by atoms with van der Waals surface area (Å²) < 4.78 is 7.95. The van der Waals surface area contributed by atoms with Crippen LogP contribution >= 0.6 is 23.9 Å². The third kappa shape index (κ3) is 4.70. The average Bonchev–Trinajstić information content (AvgIpc) is 3.29. The zero-order valence-electron chi connectivity index (χ0n) is 18.9. The molecule has 2 amide bonds. The van der Waals surface area contributed by atoms with Gasteiger partial charge in [-0.2, -0.15) is 4.79 Å². The Balaban J connectivity index is 1.42. The van der Waals surface area contributed by atoms with Crippen LogP contribution in [0.1, 0.15) is 13.8 Å². The molecule has 0 saturated carbocycles. The summed E-state index contributed by atoms with van der Waals surface area (Å²) in [6.45, 7) is 3.95. The molecule has 0 aliphatic carbocycles. The Morgan fingerprint density at radius 3 is 2.70 bits per heavy atom. The van der Waals surface area contributed by atoms with E-state index in [0.29, 0.717) is 11.6 Å². The molecule has 9 nitrogen and oxygen atoms in total. The summed E-state index contributed by atoms with van der Waals surface area (Å²) in [5, 5.41) is 6.66. The fourth-order valence-electron chi connectivity index (χ4n) is 3.25. The molecule has 0 fully saturated rings. The number of hydrogen-bond donors (Lipinski definition) is 0. The molecule has 0 bridgehead atoms. The molecule has 172 valence electrons. The molecule has 2 aromatic carbocycles. The SMILES string of the molecule is CN(S[N+](C)(C)C(=O)Oc1cccc2ccccc12)C(=O)ON=C1n2ccnc2SC1(C)C. The number of fused-ring (bicyclic) bond motifs is 2. The molecule has 33 heavy (non-hydrogen) atoms. The van der Waals surface area contributed by atoms with Crippen molar-refractivity contribution in [2.75, 3.05) is 21.1 Å². The Kier molecular flexibility index (Phi) is 6.12. The van der Waals surface area contributed by atoms with Crippen molar-refractivity contribution in [3.05, 3.63) is 54.9 Å². The normalized spacial score (nSPS) is 16.0. The predicted molar refractivity (Wildman–Crippen MR) is 129 cm³/mol. The number of thioether (sulfide) groups is 1. The molecule has 0 saturated heterocycles. The highest BCUT2D eigenvalue weighted by Gasteiger charge is 2.39. The second-order valence-corrected chi connectivity index (χ2v) is 11.5. The van der Waals surface area contributed by atoms with Crippen molar-refractivity contribution >= 4 is 52.7 Å². The Morgan fingerprint density at radius 2 is 1.91 bits per heavy atom. The van der Waals surface area contributed by atoms with Crippen LogP contribution in [0.4, 0.5) is 9.59 Å². The van der Waals surface area contributed by atoms with E-state index < -0.39 is 16.9 Å². The van der Waals surface area contributed by atoms with Crippen molar-refractivity contribution in [2.24, 2.45) is 5.16 Å². The Labute approximate surface area is 200 Å².